The number of carboxylic acid groups (broad SMARTS) is 2. The van der Waals surface area contributed by atoms with E-state index < -0.39 is 11.9 Å². The Morgan fingerprint density at radius 2 is 1.76 bits per heavy atom. The van der Waals surface area contributed by atoms with E-state index in [4.69, 9.17) is 15.2 Å². The average molecular weight is 350 g/mol. The summed E-state index contributed by atoms with van der Waals surface area (Å²) in [6.45, 7) is 6.40. The molecule has 0 spiro atoms. The lowest BCUT2D eigenvalue weighted by atomic mass is 9.65. The summed E-state index contributed by atoms with van der Waals surface area (Å²) in [5, 5.41) is 19.1. The second kappa shape index (κ2) is 8.38. The van der Waals surface area contributed by atoms with Crippen LogP contribution in [-0.4, -0.2) is 52.8 Å². The molecule has 0 radical (unpaired) electrons. The molecule has 0 aromatic rings. The number of carbonyl (C=O) groups is 3. The molecule has 3 N–H and O–H groups in total. The number of rotatable bonds is 3. The third-order valence-electron chi connectivity index (χ3n) is 5.51. The van der Waals surface area contributed by atoms with Crippen molar-refractivity contribution in [3.8, 4) is 0 Å². The minimum atomic E-state index is -1.26. The maximum Gasteiger partial charge on any atom is 0.328 e. The quantitative estimate of drug-likeness (QED) is 0.662. The number of nitrogens with one attached hydrogen (secondary N) is 1. The standard InChI is InChI=1S/C14H22N2O.C4H4O4/c1-8-11-3-4-13(9(2)17)16-14(11)5-10-6-15-7-12(8)10;5-3(6)1-2-4(7)8/h8,10-13,15H,3-7H2,1-2H3;1-2H,(H,5,6)(H,7,8)/b;2-1-/t8?,10-,11?,12+,13?;/m1./s1. The molecule has 5 atom stereocenters. The number of ketones is 1. The Labute approximate surface area is 147 Å². The number of carboxylic acids is 2. The maximum absolute atomic E-state index is 11.5. The number of fused-ring (bicyclic) bond motifs is 2. The molecule has 0 amide bonds. The number of carbonyl (C=O) groups excluding carboxylic acids is 1. The number of hydrogen-bond acceptors (Lipinski definition) is 5. The first-order chi connectivity index (χ1) is 11.8. The Balaban J connectivity index is 0.000000242. The van der Waals surface area contributed by atoms with Crippen molar-refractivity contribution in [2.24, 2.45) is 28.7 Å². The first-order valence-electron chi connectivity index (χ1n) is 8.71. The zero-order chi connectivity index (χ0) is 18.6. The highest BCUT2D eigenvalue weighted by Gasteiger charge is 2.44. The number of Topliss-reactive ketones (excluding diaryl/α,β-unsaturated/α-hetero) is 1. The monoisotopic (exact) mass is 350 g/mol. The molecule has 7 nitrogen and oxygen atoms in total. The molecule has 2 fully saturated rings. The SMILES string of the molecule is CC(=O)C1CCC2C(=N1)C[C@@H]1CNC[C@H]1C2C.O=C(O)/C=C\C(=O)O. The Hall–Kier alpha value is -2.02. The highest BCUT2D eigenvalue weighted by molar-refractivity contribution is 5.93. The van der Waals surface area contributed by atoms with E-state index in [2.05, 4.69) is 12.2 Å². The molecular formula is C18H26N2O5. The Morgan fingerprint density at radius 3 is 2.32 bits per heavy atom. The number of aliphatic carboxylic acids is 2. The largest absolute Gasteiger partial charge is 0.478 e. The van der Waals surface area contributed by atoms with Gasteiger partial charge in [0.25, 0.3) is 0 Å². The Morgan fingerprint density at radius 1 is 1.12 bits per heavy atom. The normalized spacial score (nSPS) is 33.5. The van der Waals surface area contributed by atoms with E-state index in [1.807, 2.05) is 0 Å². The van der Waals surface area contributed by atoms with Crippen LogP contribution in [0.5, 0.6) is 0 Å². The third-order valence-corrected chi connectivity index (χ3v) is 5.51. The molecule has 1 saturated carbocycles. The average Bonchev–Trinajstić information content (AvgIpc) is 3.02. The third kappa shape index (κ3) is 4.98. The van der Waals surface area contributed by atoms with Crippen LogP contribution in [0.4, 0.5) is 0 Å². The summed E-state index contributed by atoms with van der Waals surface area (Å²) in [4.78, 5) is 35.3. The van der Waals surface area contributed by atoms with Crippen LogP contribution in [0.25, 0.3) is 0 Å². The Bertz CT molecular complexity index is 582. The van der Waals surface area contributed by atoms with Crippen LogP contribution in [-0.2, 0) is 14.4 Å². The molecule has 0 aromatic carbocycles. The maximum atomic E-state index is 11.5. The molecule has 3 rings (SSSR count). The van der Waals surface area contributed by atoms with Gasteiger partial charge in [0.15, 0.2) is 5.78 Å². The van der Waals surface area contributed by atoms with E-state index in [1.54, 1.807) is 6.92 Å². The van der Waals surface area contributed by atoms with Gasteiger partial charge in [-0.3, -0.25) is 9.79 Å². The predicted molar refractivity (Wildman–Crippen MR) is 92.7 cm³/mol. The highest BCUT2D eigenvalue weighted by Crippen LogP contribution is 2.43. The van der Waals surface area contributed by atoms with Gasteiger partial charge in [0, 0.05) is 17.9 Å². The van der Waals surface area contributed by atoms with Crippen LogP contribution in [0, 0.1) is 23.7 Å². The second-order valence-electron chi connectivity index (χ2n) is 7.09. The number of aliphatic imine (C=N–C) groups is 1. The van der Waals surface area contributed by atoms with Crippen molar-refractivity contribution in [1.29, 1.82) is 0 Å². The Kier molecular flexibility index (Phi) is 6.47. The second-order valence-corrected chi connectivity index (χ2v) is 7.09. The number of hydrogen-bond donors (Lipinski definition) is 3. The van der Waals surface area contributed by atoms with Gasteiger partial charge in [-0.25, -0.2) is 9.59 Å². The van der Waals surface area contributed by atoms with Gasteiger partial charge in [-0.15, -0.1) is 0 Å². The molecular weight excluding hydrogens is 324 g/mol. The molecule has 1 aliphatic carbocycles. The van der Waals surface area contributed by atoms with E-state index in [0.717, 1.165) is 37.1 Å². The lowest BCUT2D eigenvalue weighted by Crippen LogP contribution is -2.42. The first-order valence-corrected chi connectivity index (χ1v) is 8.71. The molecule has 1 saturated heterocycles. The van der Waals surface area contributed by atoms with Crippen molar-refractivity contribution in [2.75, 3.05) is 13.1 Å². The van der Waals surface area contributed by atoms with Crippen LogP contribution in [0.15, 0.2) is 17.1 Å². The fraction of sp³-hybridized carbons (Fsp3) is 0.667. The van der Waals surface area contributed by atoms with Crippen LogP contribution in [0.1, 0.15) is 33.1 Å². The summed E-state index contributed by atoms with van der Waals surface area (Å²) in [5.41, 5.74) is 1.36. The molecule has 7 heteroatoms. The summed E-state index contributed by atoms with van der Waals surface area (Å²) in [6.07, 6.45) is 4.40. The van der Waals surface area contributed by atoms with Gasteiger partial charge in [0.2, 0.25) is 0 Å². The van der Waals surface area contributed by atoms with Gasteiger partial charge >= 0.3 is 11.9 Å². The van der Waals surface area contributed by atoms with Crippen molar-refractivity contribution in [2.45, 2.75) is 39.2 Å². The molecule has 0 aromatic heterocycles. The van der Waals surface area contributed by atoms with E-state index in [1.165, 1.54) is 18.7 Å². The van der Waals surface area contributed by atoms with Gasteiger partial charge in [-0.05, 0) is 62.9 Å². The minimum Gasteiger partial charge on any atom is -0.478 e. The van der Waals surface area contributed by atoms with Crippen molar-refractivity contribution in [3.05, 3.63) is 12.2 Å². The summed E-state index contributed by atoms with van der Waals surface area (Å²) < 4.78 is 0. The fourth-order valence-corrected chi connectivity index (χ4v) is 4.23. The minimum absolute atomic E-state index is 0.0284. The zero-order valence-corrected chi connectivity index (χ0v) is 14.6. The summed E-state index contributed by atoms with van der Waals surface area (Å²) in [6, 6.07) is -0.0284. The topological polar surface area (TPSA) is 116 Å². The predicted octanol–water partition coefficient (Wildman–Crippen LogP) is 1.38. The fourth-order valence-electron chi connectivity index (χ4n) is 4.23. The van der Waals surface area contributed by atoms with E-state index in [9.17, 15) is 14.4 Å². The van der Waals surface area contributed by atoms with Gasteiger partial charge in [-0.1, -0.05) is 6.92 Å². The molecule has 3 unspecified atom stereocenters. The van der Waals surface area contributed by atoms with Crippen molar-refractivity contribution < 1.29 is 24.6 Å². The van der Waals surface area contributed by atoms with Gasteiger partial charge in [0.1, 0.15) is 6.04 Å². The van der Waals surface area contributed by atoms with Gasteiger partial charge < -0.3 is 15.5 Å². The van der Waals surface area contributed by atoms with E-state index >= 15 is 0 Å². The lowest BCUT2D eigenvalue weighted by molar-refractivity contribution is -0.134. The van der Waals surface area contributed by atoms with Crippen molar-refractivity contribution in [3.63, 3.8) is 0 Å². The highest BCUT2D eigenvalue weighted by atomic mass is 16.4. The smallest absolute Gasteiger partial charge is 0.328 e. The van der Waals surface area contributed by atoms with Gasteiger partial charge in [0.05, 0.1) is 0 Å². The van der Waals surface area contributed by atoms with E-state index in [0.29, 0.717) is 18.1 Å². The van der Waals surface area contributed by atoms with Crippen LogP contribution in [0.3, 0.4) is 0 Å². The molecule has 3 aliphatic rings. The summed E-state index contributed by atoms with van der Waals surface area (Å²) >= 11 is 0. The summed E-state index contributed by atoms with van der Waals surface area (Å²) in [7, 11) is 0. The van der Waals surface area contributed by atoms with Crippen LogP contribution in [0.2, 0.25) is 0 Å². The summed E-state index contributed by atoms with van der Waals surface area (Å²) in [5.74, 6) is 0.746. The van der Waals surface area contributed by atoms with Crippen LogP contribution >= 0.6 is 0 Å². The molecule has 0 bridgehead atoms. The van der Waals surface area contributed by atoms with Crippen molar-refractivity contribution in [1.82, 2.24) is 5.32 Å². The number of nitrogens with zero attached hydrogens (tertiary/aromatic N) is 1. The molecule has 2 aliphatic heterocycles. The molecule has 25 heavy (non-hydrogen) atoms. The zero-order valence-electron chi connectivity index (χ0n) is 14.6. The molecule has 2 heterocycles. The first kappa shape index (κ1) is 19.3. The van der Waals surface area contributed by atoms with E-state index in [-0.39, 0.29) is 11.8 Å². The lowest BCUT2D eigenvalue weighted by Gasteiger charge is -2.41. The van der Waals surface area contributed by atoms with Crippen LogP contribution < -0.4 is 5.32 Å². The van der Waals surface area contributed by atoms with Crippen molar-refractivity contribution >= 4 is 23.4 Å². The van der Waals surface area contributed by atoms with Gasteiger partial charge in [-0.2, -0.15) is 0 Å². The molecule has 138 valence electrons.